The van der Waals surface area contributed by atoms with E-state index in [9.17, 15) is 42.3 Å². The number of hydrogen-bond acceptors (Lipinski definition) is 11. The number of hydrogen-bond donors (Lipinski definition) is 4. The molecule has 0 aliphatic carbocycles. The average molecular weight is 840 g/mol. The summed E-state index contributed by atoms with van der Waals surface area (Å²) in [5.41, 5.74) is 0.248. The lowest BCUT2D eigenvalue weighted by Crippen LogP contribution is -2.64. The highest BCUT2D eigenvalue weighted by Gasteiger charge is 2.47. The van der Waals surface area contributed by atoms with Gasteiger partial charge in [0.1, 0.15) is 54.0 Å². The molecule has 7 rings (SSSR count). The molecule has 0 aromatic heterocycles. The highest BCUT2D eigenvalue weighted by Crippen LogP contribution is 2.34. The zero-order chi connectivity index (χ0) is 42.8. The molecule has 5 aliphatic rings. The normalized spacial score (nSPS) is 27.6. The lowest BCUT2D eigenvalue weighted by atomic mass is 10.0. The Bertz CT molecular complexity index is 2040. The first-order valence-electron chi connectivity index (χ1n) is 19.9. The van der Waals surface area contributed by atoms with Crippen molar-refractivity contribution in [2.24, 2.45) is 5.92 Å². The van der Waals surface area contributed by atoms with Gasteiger partial charge in [-0.1, -0.05) is 6.92 Å². The van der Waals surface area contributed by atoms with Crippen LogP contribution in [-0.2, 0) is 44.7 Å². The van der Waals surface area contributed by atoms with Crippen LogP contribution in [0.15, 0.2) is 36.4 Å². The molecule has 8 atom stereocenters. The van der Waals surface area contributed by atoms with E-state index in [0.717, 1.165) is 12.1 Å². The summed E-state index contributed by atoms with van der Waals surface area (Å²) >= 11 is 0. The second kappa shape index (κ2) is 17.7. The quantitative estimate of drug-likeness (QED) is 0.299. The molecule has 18 nitrogen and oxygen atoms in total. The monoisotopic (exact) mass is 839 g/mol. The van der Waals surface area contributed by atoms with Gasteiger partial charge in [-0.05, 0) is 68.9 Å². The third-order valence-corrected chi connectivity index (χ3v) is 11.3. The number of halogens is 2. The van der Waals surface area contributed by atoms with Crippen LogP contribution >= 0.6 is 0 Å². The maximum absolute atomic E-state index is 14.7. The summed E-state index contributed by atoms with van der Waals surface area (Å²) in [5.74, 6) is -5.62. The van der Waals surface area contributed by atoms with Crippen molar-refractivity contribution in [3.63, 3.8) is 0 Å². The van der Waals surface area contributed by atoms with Crippen molar-refractivity contribution < 1.29 is 61.3 Å². The van der Waals surface area contributed by atoms with E-state index in [1.165, 1.54) is 40.7 Å². The van der Waals surface area contributed by atoms with Crippen LogP contribution < -0.4 is 30.7 Å². The van der Waals surface area contributed by atoms with E-state index in [1.54, 1.807) is 6.07 Å². The number of nitrogens with one attached hydrogen (secondary N) is 4. The lowest BCUT2D eigenvalue weighted by Gasteiger charge is -2.39. The summed E-state index contributed by atoms with van der Waals surface area (Å²) < 4.78 is 50.9. The van der Waals surface area contributed by atoms with Crippen molar-refractivity contribution >= 4 is 47.2 Å². The van der Waals surface area contributed by atoms with Gasteiger partial charge >= 0.3 is 12.0 Å². The average Bonchev–Trinajstić information content (AvgIpc) is 3.98. The van der Waals surface area contributed by atoms with Crippen molar-refractivity contribution in [3.05, 3.63) is 53.6 Å². The zero-order valence-electron chi connectivity index (χ0n) is 33.2. The Balaban J connectivity index is 1.20. The third-order valence-electron chi connectivity index (χ3n) is 11.3. The Morgan fingerprint density at radius 3 is 2.37 bits per heavy atom. The topological polar surface area (TPSA) is 214 Å². The van der Waals surface area contributed by atoms with E-state index in [-0.39, 0.29) is 69.7 Å². The van der Waals surface area contributed by atoms with Gasteiger partial charge in [0.2, 0.25) is 36.3 Å². The van der Waals surface area contributed by atoms with Gasteiger partial charge in [-0.2, -0.15) is 0 Å². The fraction of sp³-hybridized carbons (Fsp3) is 0.525. The molecule has 0 spiro atoms. The van der Waals surface area contributed by atoms with Gasteiger partial charge in [0.25, 0.3) is 0 Å². The van der Waals surface area contributed by atoms with Gasteiger partial charge in [0.05, 0.1) is 13.2 Å². The van der Waals surface area contributed by atoms with Crippen LogP contribution in [0.2, 0.25) is 0 Å². The molecule has 2 aromatic carbocycles. The molecule has 2 aromatic rings. The Kier molecular flexibility index (Phi) is 12.4. The SMILES string of the molecule is C[C@@H]1C[C@H]2C(=O)O[C@@H](C)[C@H](NC(=O)[C@H](Cc3cc(F)cc(F)c3)NC(=O)Nc3ccc4c(c3)OCO4)C(=O)N3CCC[C@H]3C(=O)N3CCOC[C@H]3C(=O)N[C@@H](C)C(=O)N2C1. The standard InChI is InChI=1S/C40H47F2N7O11/c1-20-11-29-39(55)60-22(3)33(38(54)47-8-4-5-28(47)37(53)48-9-10-57-18-30(48)35(51)43-21(2)36(52)49(29)17-20)46-34(50)27(14-23-12-24(41)15-25(42)13-23)45-40(56)44-26-6-7-31-32(16-26)59-19-58-31/h6-7,12-13,15-16,20-22,27-30,33H,4-5,8-11,14,17-19H2,1-3H3,(H,43,51)(H,46,50)(H2,44,45,56)/t20-,21+,22+,27+,28+,29+,30+,33+/m1/s1. The molecule has 5 aliphatic heterocycles. The fourth-order valence-corrected chi connectivity index (χ4v) is 8.31. The van der Waals surface area contributed by atoms with Gasteiger partial charge in [-0.3, -0.25) is 24.0 Å². The van der Waals surface area contributed by atoms with Crippen molar-refractivity contribution in [3.8, 4) is 11.5 Å². The van der Waals surface area contributed by atoms with E-state index >= 15 is 0 Å². The highest BCUT2D eigenvalue weighted by molar-refractivity contribution is 5.99. The van der Waals surface area contributed by atoms with Crippen LogP contribution in [0.5, 0.6) is 11.5 Å². The lowest BCUT2D eigenvalue weighted by molar-refractivity contribution is -0.164. The molecule has 0 radical (unpaired) electrons. The smallest absolute Gasteiger partial charge is 0.329 e. The summed E-state index contributed by atoms with van der Waals surface area (Å²) in [5, 5.41) is 10.4. The summed E-state index contributed by atoms with van der Waals surface area (Å²) in [6.07, 6.45) is -1.05. The molecular formula is C40H47F2N7O11. The van der Waals surface area contributed by atoms with E-state index in [1.807, 2.05) is 6.92 Å². The van der Waals surface area contributed by atoms with Gasteiger partial charge in [0, 0.05) is 43.9 Å². The number of carbonyl (C=O) groups is 7. The summed E-state index contributed by atoms with van der Waals surface area (Å²) in [7, 11) is 0. The van der Waals surface area contributed by atoms with Crippen LogP contribution in [0.1, 0.15) is 45.6 Å². The minimum atomic E-state index is -1.67. The molecule has 4 fully saturated rings. The van der Waals surface area contributed by atoms with Crippen LogP contribution in [-0.4, -0.2) is 138 Å². The molecular weight excluding hydrogens is 792 g/mol. The molecule has 7 amide bonds. The Morgan fingerprint density at radius 1 is 0.867 bits per heavy atom. The minimum Gasteiger partial charge on any atom is -0.458 e. The van der Waals surface area contributed by atoms with Crippen molar-refractivity contribution in [2.75, 3.05) is 45.0 Å². The number of anilines is 1. The number of esters is 1. The summed E-state index contributed by atoms with van der Waals surface area (Å²) in [4.78, 5) is 102. The van der Waals surface area contributed by atoms with E-state index in [4.69, 9.17) is 18.9 Å². The van der Waals surface area contributed by atoms with Crippen LogP contribution in [0, 0.1) is 17.6 Å². The largest absolute Gasteiger partial charge is 0.458 e. The Morgan fingerprint density at radius 2 is 1.60 bits per heavy atom. The van der Waals surface area contributed by atoms with Gasteiger partial charge in [0.15, 0.2) is 11.5 Å². The molecule has 4 N–H and O–H groups in total. The maximum Gasteiger partial charge on any atom is 0.329 e. The van der Waals surface area contributed by atoms with Crippen molar-refractivity contribution in [1.82, 2.24) is 30.7 Å². The van der Waals surface area contributed by atoms with Crippen LogP contribution in [0.25, 0.3) is 0 Å². The molecule has 60 heavy (non-hydrogen) atoms. The number of benzene rings is 2. The number of ether oxygens (including phenoxy) is 4. The van der Waals surface area contributed by atoms with Gasteiger partial charge in [-0.25, -0.2) is 18.4 Å². The Labute approximate surface area is 343 Å². The molecule has 0 bridgehead atoms. The first kappa shape index (κ1) is 42.1. The minimum absolute atomic E-state index is 0.0107. The third kappa shape index (κ3) is 9.07. The zero-order valence-corrected chi connectivity index (χ0v) is 33.2. The molecule has 0 unspecified atom stereocenters. The summed E-state index contributed by atoms with van der Waals surface area (Å²) in [6.45, 7) is 4.91. The van der Waals surface area contributed by atoms with E-state index in [2.05, 4.69) is 21.3 Å². The molecule has 0 saturated carbocycles. The molecule has 20 heteroatoms. The number of morpholine rings is 1. The molecule has 4 saturated heterocycles. The second-order valence-electron chi connectivity index (χ2n) is 15.7. The summed E-state index contributed by atoms with van der Waals surface area (Å²) in [6, 6.07) is -1.34. The van der Waals surface area contributed by atoms with Crippen LogP contribution in [0.4, 0.5) is 19.3 Å². The van der Waals surface area contributed by atoms with Gasteiger partial charge in [-0.15, -0.1) is 0 Å². The Hall–Kier alpha value is -6.05. The van der Waals surface area contributed by atoms with Gasteiger partial charge < -0.3 is 54.9 Å². The second-order valence-corrected chi connectivity index (χ2v) is 15.7. The number of rotatable bonds is 6. The number of fused-ring (bicyclic) bond motifs is 4. The van der Waals surface area contributed by atoms with E-state index in [0.29, 0.717) is 24.0 Å². The first-order chi connectivity index (χ1) is 28.7. The van der Waals surface area contributed by atoms with Crippen molar-refractivity contribution in [2.45, 2.75) is 88.8 Å². The van der Waals surface area contributed by atoms with Crippen LogP contribution in [0.3, 0.4) is 0 Å². The predicted octanol–water partition coefficient (Wildman–Crippen LogP) is 0.817. The number of carbonyl (C=O) groups excluding carboxylic acids is 7. The molecule has 5 heterocycles. The number of cyclic esters (lactones) is 1. The highest BCUT2D eigenvalue weighted by atomic mass is 19.1. The fourth-order valence-electron chi connectivity index (χ4n) is 8.31. The number of urea groups is 1. The maximum atomic E-state index is 14.7. The first-order valence-corrected chi connectivity index (χ1v) is 19.9. The predicted molar refractivity (Wildman–Crippen MR) is 204 cm³/mol. The number of nitrogens with zero attached hydrogens (tertiary/aromatic N) is 3. The van der Waals surface area contributed by atoms with E-state index < -0.39 is 102 Å². The molecule has 322 valence electrons. The number of amides is 7. The van der Waals surface area contributed by atoms with Crippen molar-refractivity contribution in [1.29, 1.82) is 0 Å².